The van der Waals surface area contributed by atoms with Crippen molar-refractivity contribution in [2.75, 3.05) is 13.7 Å². The molecule has 2 unspecified atom stereocenters. The first-order valence-electron chi connectivity index (χ1n) is 5.36. The van der Waals surface area contributed by atoms with Crippen LogP contribution in [0.4, 0.5) is 0 Å². The van der Waals surface area contributed by atoms with Gasteiger partial charge >= 0.3 is 0 Å². The van der Waals surface area contributed by atoms with Gasteiger partial charge in [-0.1, -0.05) is 13.8 Å². The molecule has 0 spiro atoms. The van der Waals surface area contributed by atoms with E-state index in [9.17, 15) is 0 Å². The van der Waals surface area contributed by atoms with Gasteiger partial charge in [-0.25, -0.2) is 0 Å². The van der Waals surface area contributed by atoms with Gasteiger partial charge in [-0.3, -0.25) is 0 Å². The summed E-state index contributed by atoms with van der Waals surface area (Å²) < 4.78 is 5.57. The lowest BCUT2D eigenvalue weighted by molar-refractivity contribution is -0.0302. The lowest BCUT2D eigenvalue weighted by Crippen LogP contribution is -2.49. The maximum Gasteiger partial charge on any atom is 0.0800 e. The Labute approximate surface area is 88.4 Å². The maximum absolute atomic E-state index is 5.57. The normalized spacial score (nSPS) is 17.1. The molecule has 14 heavy (non-hydrogen) atoms. The minimum atomic E-state index is -0.104. The third-order valence-corrected chi connectivity index (χ3v) is 2.93. The van der Waals surface area contributed by atoms with E-state index in [-0.39, 0.29) is 5.60 Å². The fourth-order valence-electron chi connectivity index (χ4n) is 1.63. The zero-order valence-corrected chi connectivity index (χ0v) is 9.89. The average molecular weight is 197 g/mol. The van der Waals surface area contributed by atoms with Crippen molar-refractivity contribution in [3.63, 3.8) is 0 Å². The Morgan fingerprint density at radius 3 is 2.50 bits per heavy atom. The molecule has 2 nitrogen and oxygen atoms in total. The number of methoxy groups -OCH3 is 1. The number of hydrogen-bond acceptors (Lipinski definition) is 2. The second-order valence-electron chi connectivity index (χ2n) is 3.72. The number of hydrogen-bond donors (Lipinski definition) is 1. The molecule has 0 aliphatic carbocycles. The highest BCUT2D eigenvalue weighted by atomic mass is 16.5. The molecule has 0 saturated carbocycles. The number of ether oxygens (including phenoxy) is 1. The Morgan fingerprint density at radius 2 is 2.14 bits per heavy atom. The van der Waals surface area contributed by atoms with Crippen LogP contribution in [-0.4, -0.2) is 25.3 Å². The monoisotopic (exact) mass is 197 g/mol. The van der Waals surface area contributed by atoms with Gasteiger partial charge in [0.2, 0.25) is 0 Å². The summed E-state index contributed by atoms with van der Waals surface area (Å²) in [6.07, 6.45) is 8.05. The molecule has 0 heterocycles. The van der Waals surface area contributed by atoms with E-state index in [2.05, 4.69) is 32.0 Å². The van der Waals surface area contributed by atoms with Gasteiger partial charge in [0.25, 0.3) is 0 Å². The van der Waals surface area contributed by atoms with Crippen LogP contribution in [0.5, 0.6) is 0 Å². The van der Waals surface area contributed by atoms with Crippen molar-refractivity contribution in [3.8, 4) is 12.3 Å². The molecule has 0 fully saturated rings. The van der Waals surface area contributed by atoms with E-state index in [0.717, 1.165) is 25.8 Å². The minimum Gasteiger partial charge on any atom is -0.377 e. The molecule has 2 heteroatoms. The summed E-state index contributed by atoms with van der Waals surface area (Å²) in [4.78, 5) is 0. The molecule has 0 radical (unpaired) electrons. The molecule has 0 aromatic heterocycles. The van der Waals surface area contributed by atoms with Crippen LogP contribution in [0.25, 0.3) is 0 Å². The molecular formula is C12H23NO. The zero-order valence-electron chi connectivity index (χ0n) is 9.89. The molecule has 0 amide bonds. The molecule has 0 aliphatic heterocycles. The van der Waals surface area contributed by atoms with Crippen molar-refractivity contribution < 1.29 is 4.74 Å². The maximum atomic E-state index is 5.57. The van der Waals surface area contributed by atoms with Crippen molar-refractivity contribution in [2.24, 2.45) is 0 Å². The molecule has 2 atom stereocenters. The van der Waals surface area contributed by atoms with Crippen LogP contribution < -0.4 is 5.32 Å². The molecule has 0 saturated heterocycles. The first-order chi connectivity index (χ1) is 6.64. The van der Waals surface area contributed by atoms with Gasteiger partial charge in [-0.15, -0.1) is 12.3 Å². The van der Waals surface area contributed by atoms with Crippen molar-refractivity contribution in [1.82, 2.24) is 5.32 Å². The van der Waals surface area contributed by atoms with Gasteiger partial charge < -0.3 is 10.1 Å². The number of rotatable bonds is 7. The van der Waals surface area contributed by atoms with Crippen LogP contribution in [0.15, 0.2) is 0 Å². The number of nitrogens with one attached hydrogen (secondary N) is 1. The van der Waals surface area contributed by atoms with Gasteiger partial charge in [0.1, 0.15) is 0 Å². The highest BCUT2D eigenvalue weighted by Gasteiger charge is 2.31. The van der Waals surface area contributed by atoms with Crippen LogP contribution in [0.1, 0.15) is 40.0 Å². The van der Waals surface area contributed by atoms with Crippen LogP contribution in [0.3, 0.4) is 0 Å². The lowest BCUT2D eigenvalue weighted by Gasteiger charge is -2.36. The van der Waals surface area contributed by atoms with Crippen LogP contribution in [0, 0.1) is 12.3 Å². The number of terminal acetylenes is 1. The van der Waals surface area contributed by atoms with Gasteiger partial charge in [0, 0.05) is 19.6 Å². The molecule has 0 aliphatic rings. The molecule has 0 bridgehead atoms. The smallest absolute Gasteiger partial charge is 0.0800 e. The van der Waals surface area contributed by atoms with Gasteiger partial charge in [0.15, 0.2) is 0 Å². The van der Waals surface area contributed by atoms with Crippen LogP contribution >= 0.6 is 0 Å². The quantitative estimate of drug-likeness (QED) is 0.632. The molecule has 1 N–H and O–H groups in total. The fraction of sp³-hybridized carbons (Fsp3) is 0.833. The second-order valence-corrected chi connectivity index (χ2v) is 3.72. The summed E-state index contributed by atoms with van der Waals surface area (Å²) in [6, 6.07) is 0.346. The lowest BCUT2D eigenvalue weighted by atomic mass is 9.89. The van der Waals surface area contributed by atoms with Gasteiger partial charge in [0.05, 0.1) is 5.60 Å². The van der Waals surface area contributed by atoms with Gasteiger partial charge in [-0.05, 0) is 26.3 Å². The summed E-state index contributed by atoms with van der Waals surface area (Å²) in [6.45, 7) is 7.34. The van der Waals surface area contributed by atoms with Crippen molar-refractivity contribution in [1.29, 1.82) is 0 Å². The largest absolute Gasteiger partial charge is 0.377 e. The highest BCUT2D eigenvalue weighted by Crippen LogP contribution is 2.22. The summed E-state index contributed by atoms with van der Waals surface area (Å²) >= 11 is 0. The standard InChI is InChI=1S/C12H23NO/c1-6-9-10-11(13-8-3)12(4,7-2)14-5/h1,11,13H,7-10H2,2-5H3. The predicted octanol–water partition coefficient (Wildman–Crippen LogP) is 2.19. The highest BCUT2D eigenvalue weighted by molar-refractivity contribution is 4.93. The first kappa shape index (κ1) is 13.5. The topological polar surface area (TPSA) is 21.3 Å². The van der Waals surface area contributed by atoms with E-state index < -0.39 is 0 Å². The first-order valence-corrected chi connectivity index (χ1v) is 5.36. The third kappa shape index (κ3) is 3.69. The third-order valence-electron chi connectivity index (χ3n) is 2.93. The second kappa shape index (κ2) is 6.86. The molecular weight excluding hydrogens is 174 g/mol. The van der Waals surface area contributed by atoms with E-state index in [1.54, 1.807) is 7.11 Å². The predicted molar refractivity (Wildman–Crippen MR) is 61.2 cm³/mol. The molecule has 0 rings (SSSR count). The Bertz CT molecular complexity index is 179. The van der Waals surface area contributed by atoms with E-state index in [1.165, 1.54) is 0 Å². The Morgan fingerprint density at radius 1 is 1.50 bits per heavy atom. The summed E-state index contributed by atoms with van der Waals surface area (Å²) in [5.41, 5.74) is -0.104. The molecule has 82 valence electrons. The number of likely N-dealkylation sites (N-methyl/N-ethyl adjacent to an activating group) is 1. The van der Waals surface area contributed by atoms with Crippen molar-refractivity contribution in [2.45, 2.75) is 51.7 Å². The average Bonchev–Trinajstić information content (AvgIpc) is 2.23. The Kier molecular flexibility index (Phi) is 6.61. The zero-order chi connectivity index (χ0) is 11.0. The summed E-state index contributed by atoms with van der Waals surface area (Å²) in [5, 5.41) is 3.44. The summed E-state index contributed by atoms with van der Waals surface area (Å²) in [5.74, 6) is 2.68. The van der Waals surface area contributed by atoms with Crippen LogP contribution in [-0.2, 0) is 4.74 Å². The molecule has 0 aromatic carbocycles. The van der Waals surface area contributed by atoms with E-state index in [0.29, 0.717) is 6.04 Å². The Hall–Kier alpha value is -0.520. The molecule has 0 aromatic rings. The van der Waals surface area contributed by atoms with Crippen LogP contribution in [0.2, 0.25) is 0 Å². The minimum absolute atomic E-state index is 0.104. The summed E-state index contributed by atoms with van der Waals surface area (Å²) in [7, 11) is 1.77. The van der Waals surface area contributed by atoms with E-state index >= 15 is 0 Å². The van der Waals surface area contributed by atoms with Gasteiger partial charge in [-0.2, -0.15) is 0 Å². The van der Waals surface area contributed by atoms with E-state index in [4.69, 9.17) is 11.2 Å². The van der Waals surface area contributed by atoms with Crippen molar-refractivity contribution in [3.05, 3.63) is 0 Å². The fourth-order valence-corrected chi connectivity index (χ4v) is 1.63. The SMILES string of the molecule is C#CCCC(NCC)C(C)(CC)OC. The Balaban J connectivity index is 4.36. The van der Waals surface area contributed by atoms with Crippen molar-refractivity contribution >= 4 is 0 Å². The van der Waals surface area contributed by atoms with E-state index in [1.807, 2.05) is 0 Å².